The summed E-state index contributed by atoms with van der Waals surface area (Å²) in [4.78, 5) is 39.3. The predicted octanol–water partition coefficient (Wildman–Crippen LogP) is 0.287. The summed E-state index contributed by atoms with van der Waals surface area (Å²) < 4.78 is 6.00. The van der Waals surface area contributed by atoms with Crippen molar-refractivity contribution in [3.8, 4) is 0 Å². The van der Waals surface area contributed by atoms with Crippen LogP contribution in [0.25, 0.3) is 0 Å². The van der Waals surface area contributed by atoms with E-state index in [9.17, 15) is 19.5 Å². The van der Waals surface area contributed by atoms with Crippen LogP contribution in [0.4, 0.5) is 4.79 Å². The van der Waals surface area contributed by atoms with Gasteiger partial charge < -0.3 is 19.2 Å². The monoisotopic (exact) mass is 414 g/mol. The fourth-order valence-corrected chi connectivity index (χ4v) is 5.88. The van der Waals surface area contributed by atoms with E-state index in [0.29, 0.717) is 10.4 Å². The number of nitrogens with zero attached hydrogens (tertiary/aromatic N) is 2. The van der Waals surface area contributed by atoms with Gasteiger partial charge >= 0.3 is 14.6 Å². The summed E-state index contributed by atoms with van der Waals surface area (Å²) in [5.74, 6) is -0.343. The summed E-state index contributed by atoms with van der Waals surface area (Å²) in [6, 6.07) is 17.9. The molecule has 8 heteroatoms. The molecule has 2 N–H and O–H groups in total. The Morgan fingerprint density at radius 3 is 1.93 bits per heavy atom. The molecule has 7 nitrogen and oxygen atoms in total. The summed E-state index contributed by atoms with van der Waals surface area (Å²) in [6.07, 6.45) is 0. The first-order chi connectivity index (χ1) is 13.8. The van der Waals surface area contributed by atoms with E-state index in [-0.39, 0.29) is 32.2 Å². The maximum Gasteiger partial charge on any atom is 0.404 e. The highest BCUT2D eigenvalue weighted by Crippen LogP contribution is 2.27. The third-order valence-corrected chi connectivity index (χ3v) is 8.04. The molecule has 2 aromatic carbocycles. The van der Waals surface area contributed by atoms with Crippen LogP contribution in [0.2, 0.25) is 0 Å². The normalized spacial score (nSPS) is 16.6. The molecule has 0 spiro atoms. The van der Waals surface area contributed by atoms with Crippen molar-refractivity contribution in [1.29, 1.82) is 0 Å². The minimum Gasteiger partial charge on any atom is -0.404 e. The topological polar surface area (TPSA) is 90.3 Å². The highest BCUT2D eigenvalue weighted by Gasteiger charge is 2.50. The van der Waals surface area contributed by atoms with Crippen molar-refractivity contribution in [1.82, 2.24) is 9.80 Å². The SMILES string of the molecule is CC1(C)C(=O)N(CCO[Si](O)(c2ccccc2)c2ccccc2)C(=O)N1CCO. The number of hydrogen-bond acceptors (Lipinski definition) is 5. The van der Waals surface area contributed by atoms with Gasteiger partial charge in [-0.15, -0.1) is 0 Å². The van der Waals surface area contributed by atoms with Crippen LogP contribution >= 0.6 is 0 Å². The number of carbonyl (C=O) groups is 2. The summed E-state index contributed by atoms with van der Waals surface area (Å²) in [5.41, 5.74) is -1.02. The van der Waals surface area contributed by atoms with Gasteiger partial charge in [0.15, 0.2) is 0 Å². The van der Waals surface area contributed by atoms with Gasteiger partial charge in [-0.3, -0.25) is 9.69 Å². The molecule has 1 heterocycles. The molecule has 0 atom stereocenters. The maximum atomic E-state index is 12.7. The highest BCUT2D eigenvalue weighted by molar-refractivity contribution is 6.91. The van der Waals surface area contributed by atoms with Crippen molar-refractivity contribution < 1.29 is 23.9 Å². The number of β-amino-alcohol motifs (C(OH)–C–C–N with tert-alkyl or cyclic N) is 1. The Labute approximate surface area is 171 Å². The molecule has 0 aliphatic carbocycles. The number of rotatable bonds is 8. The average molecular weight is 415 g/mol. The molecule has 1 fully saturated rings. The second-order valence-corrected chi connectivity index (χ2v) is 10.1. The van der Waals surface area contributed by atoms with Gasteiger partial charge in [-0.1, -0.05) is 60.7 Å². The largest absolute Gasteiger partial charge is 0.404 e. The second-order valence-electron chi connectivity index (χ2n) is 7.40. The van der Waals surface area contributed by atoms with Crippen molar-refractivity contribution in [3.05, 3.63) is 60.7 Å². The fourth-order valence-electron chi connectivity index (χ4n) is 3.54. The number of aliphatic hydroxyl groups is 1. The molecule has 3 rings (SSSR count). The number of amides is 3. The predicted molar refractivity (Wildman–Crippen MR) is 111 cm³/mol. The molecular formula is C21H26N2O5Si. The molecule has 3 amide bonds. The van der Waals surface area contributed by atoms with Crippen molar-refractivity contribution in [2.45, 2.75) is 19.4 Å². The zero-order valence-electron chi connectivity index (χ0n) is 16.6. The number of benzene rings is 2. The molecule has 0 unspecified atom stereocenters. The molecule has 1 saturated heterocycles. The van der Waals surface area contributed by atoms with Crippen molar-refractivity contribution >= 4 is 30.9 Å². The third-order valence-electron chi connectivity index (χ3n) is 5.18. The van der Waals surface area contributed by atoms with Gasteiger partial charge in [-0.2, -0.15) is 0 Å². The average Bonchev–Trinajstić information content (AvgIpc) is 2.90. The quantitative estimate of drug-likeness (QED) is 0.479. The molecule has 154 valence electrons. The molecular weight excluding hydrogens is 388 g/mol. The summed E-state index contributed by atoms with van der Waals surface area (Å²) in [5, 5.41) is 10.6. The minimum absolute atomic E-state index is 0.00698. The van der Waals surface area contributed by atoms with Crippen LogP contribution < -0.4 is 10.4 Å². The lowest BCUT2D eigenvalue weighted by molar-refractivity contribution is -0.132. The van der Waals surface area contributed by atoms with Crippen molar-refractivity contribution in [2.75, 3.05) is 26.3 Å². The molecule has 1 aliphatic rings. The standard InChI is InChI=1S/C21H26N2O5Si/c1-21(2)19(25)22(20(26)23(21)13-15-24)14-16-28-29(27,17-9-5-3-6-10-17)18-11-7-4-8-12-18/h3-12,24,27H,13-16H2,1-2H3. The van der Waals surface area contributed by atoms with Gasteiger partial charge in [0.1, 0.15) is 5.54 Å². The Bertz CT molecular complexity index is 820. The number of urea groups is 1. The Kier molecular flexibility index (Phi) is 6.18. The van der Waals surface area contributed by atoms with Crippen LogP contribution in [-0.4, -0.2) is 72.0 Å². The number of hydrogen-bond donors (Lipinski definition) is 2. The lowest BCUT2D eigenvalue weighted by Crippen LogP contribution is -2.62. The number of imide groups is 1. The summed E-state index contributed by atoms with van der Waals surface area (Å²) in [7, 11) is -3.49. The van der Waals surface area contributed by atoms with Crippen LogP contribution in [0.5, 0.6) is 0 Å². The minimum atomic E-state index is -3.49. The van der Waals surface area contributed by atoms with E-state index < -0.39 is 20.1 Å². The van der Waals surface area contributed by atoms with Gasteiger partial charge in [-0.25, -0.2) is 4.79 Å². The molecule has 0 saturated carbocycles. The smallest absolute Gasteiger partial charge is 0.404 e. The van der Waals surface area contributed by atoms with E-state index >= 15 is 0 Å². The lowest BCUT2D eigenvalue weighted by Gasteiger charge is -2.26. The molecule has 1 aliphatic heterocycles. The Morgan fingerprint density at radius 1 is 0.931 bits per heavy atom. The van der Waals surface area contributed by atoms with E-state index in [1.54, 1.807) is 13.8 Å². The van der Waals surface area contributed by atoms with Crippen LogP contribution in [-0.2, 0) is 9.22 Å². The zero-order valence-corrected chi connectivity index (χ0v) is 17.6. The van der Waals surface area contributed by atoms with Crippen molar-refractivity contribution in [2.24, 2.45) is 0 Å². The first-order valence-corrected chi connectivity index (χ1v) is 11.4. The summed E-state index contributed by atoms with van der Waals surface area (Å²) in [6.45, 7) is 3.21. The molecule has 0 aromatic heterocycles. The van der Waals surface area contributed by atoms with E-state index in [0.717, 1.165) is 4.90 Å². The lowest BCUT2D eigenvalue weighted by atomic mass is 10.0. The van der Waals surface area contributed by atoms with Gasteiger partial charge in [0.2, 0.25) is 0 Å². The van der Waals surface area contributed by atoms with Crippen LogP contribution in [0, 0.1) is 0 Å². The summed E-state index contributed by atoms with van der Waals surface area (Å²) >= 11 is 0. The van der Waals surface area contributed by atoms with Crippen LogP contribution in [0.1, 0.15) is 13.8 Å². The first kappa shape index (κ1) is 21.2. The van der Waals surface area contributed by atoms with E-state index in [1.807, 2.05) is 60.7 Å². The second kappa shape index (κ2) is 8.46. The molecule has 29 heavy (non-hydrogen) atoms. The van der Waals surface area contributed by atoms with Crippen LogP contribution in [0.3, 0.4) is 0 Å². The van der Waals surface area contributed by atoms with Gasteiger partial charge in [0.25, 0.3) is 5.91 Å². The molecule has 0 bridgehead atoms. The Morgan fingerprint density at radius 2 is 1.45 bits per heavy atom. The van der Waals surface area contributed by atoms with Crippen LogP contribution in [0.15, 0.2) is 60.7 Å². The number of carbonyl (C=O) groups excluding carboxylic acids is 2. The van der Waals surface area contributed by atoms with Gasteiger partial charge in [0, 0.05) is 6.54 Å². The first-order valence-electron chi connectivity index (χ1n) is 9.54. The van der Waals surface area contributed by atoms with E-state index in [4.69, 9.17) is 4.43 Å². The number of aliphatic hydroxyl groups excluding tert-OH is 1. The highest BCUT2D eigenvalue weighted by atomic mass is 28.4. The Balaban J connectivity index is 1.78. The Hall–Kier alpha value is -2.52. The zero-order chi connectivity index (χ0) is 21.1. The molecule has 0 radical (unpaired) electrons. The van der Waals surface area contributed by atoms with Crippen molar-refractivity contribution in [3.63, 3.8) is 0 Å². The third kappa shape index (κ3) is 3.97. The van der Waals surface area contributed by atoms with E-state index in [1.165, 1.54) is 4.90 Å². The van der Waals surface area contributed by atoms with Gasteiger partial charge in [0.05, 0.1) is 19.8 Å². The fraction of sp³-hybridized carbons (Fsp3) is 0.333. The van der Waals surface area contributed by atoms with Gasteiger partial charge in [-0.05, 0) is 24.2 Å². The molecule has 2 aromatic rings. The van der Waals surface area contributed by atoms with E-state index in [2.05, 4.69) is 0 Å². The maximum absolute atomic E-state index is 12.7.